The second kappa shape index (κ2) is 14.6. The molecule has 8 nitrogen and oxygen atoms in total. The van der Waals surface area contributed by atoms with E-state index in [1.807, 2.05) is 0 Å². The van der Waals surface area contributed by atoms with Crippen LogP contribution in [0.1, 0.15) is 0 Å². The molecule has 8 heteroatoms. The number of benzene rings is 1. The zero-order valence-electron chi connectivity index (χ0n) is 18.5. The van der Waals surface area contributed by atoms with Crippen molar-refractivity contribution in [1.82, 2.24) is 31.9 Å². The summed E-state index contributed by atoms with van der Waals surface area (Å²) in [5, 5.41) is 21.3. The molecule has 1 aromatic carbocycles. The Balaban J connectivity index is 1.70. The third-order valence-electron chi connectivity index (χ3n) is 5.71. The molecule has 0 aromatic heterocycles. The Labute approximate surface area is 182 Å². The Kier molecular flexibility index (Phi) is 11.3. The predicted molar refractivity (Wildman–Crippen MR) is 128 cm³/mol. The summed E-state index contributed by atoms with van der Waals surface area (Å²) in [4.78, 5) is 5.09. The molecule has 2 aliphatic rings. The highest BCUT2D eigenvalue weighted by atomic mass is 15.2. The van der Waals surface area contributed by atoms with E-state index in [1.54, 1.807) is 0 Å². The van der Waals surface area contributed by atoms with Crippen molar-refractivity contribution in [1.29, 1.82) is 0 Å². The topological polar surface area (TPSA) is 78.7 Å². The Morgan fingerprint density at radius 1 is 0.400 bits per heavy atom. The predicted octanol–water partition coefficient (Wildman–Crippen LogP) is -1.14. The van der Waals surface area contributed by atoms with Gasteiger partial charge in [0, 0.05) is 105 Å². The van der Waals surface area contributed by atoms with E-state index < -0.39 is 0 Å². The molecular weight excluding hydrogens is 376 g/mol. The van der Waals surface area contributed by atoms with Gasteiger partial charge in [0.05, 0.1) is 11.4 Å². The summed E-state index contributed by atoms with van der Waals surface area (Å²) in [5.41, 5.74) is 2.70. The molecule has 2 fully saturated rings. The van der Waals surface area contributed by atoms with Crippen LogP contribution < -0.4 is 41.7 Å². The van der Waals surface area contributed by atoms with E-state index >= 15 is 0 Å². The fraction of sp³-hybridized carbons (Fsp3) is 0.727. The first-order valence-electron chi connectivity index (χ1n) is 11.8. The molecule has 0 bridgehead atoms. The number of nitrogens with one attached hydrogen (secondary N) is 6. The van der Waals surface area contributed by atoms with Gasteiger partial charge in [0.15, 0.2) is 0 Å². The van der Waals surface area contributed by atoms with Gasteiger partial charge in [-0.3, -0.25) is 0 Å². The molecule has 0 amide bonds. The fourth-order valence-electron chi connectivity index (χ4n) is 4.02. The van der Waals surface area contributed by atoms with Crippen LogP contribution in [0.4, 0.5) is 11.4 Å². The van der Waals surface area contributed by atoms with Crippen molar-refractivity contribution >= 4 is 11.4 Å². The molecule has 170 valence electrons. The van der Waals surface area contributed by atoms with E-state index in [0.717, 1.165) is 105 Å². The molecule has 1 aromatic rings. The lowest BCUT2D eigenvalue weighted by atomic mass is 10.2. The number of hydrogen-bond acceptors (Lipinski definition) is 8. The van der Waals surface area contributed by atoms with E-state index in [0.29, 0.717) is 0 Å². The molecule has 6 N–H and O–H groups in total. The third kappa shape index (κ3) is 8.37. The molecule has 0 saturated carbocycles. The van der Waals surface area contributed by atoms with Gasteiger partial charge < -0.3 is 41.7 Å². The monoisotopic (exact) mass is 418 g/mol. The van der Waals surface area contributed by atoms with Gasteiger partial charge in [-0.1, -0.05) is 12.1 Å². The number of hydrogen-bond donors (Lipinski definition) is 6. The van der Waals surface area contributed by atoms with Gasteiger partial charge in [-0.05, 0) is 12.1 Å². The molecule has 0 spiro atoms. The summed E-state index contributed by atoms with van der Waals surface area (Å²) in [6.45, 7) is 16.3. The third-order valence-corrected chi connectivity index (χ3v) is 5.71. The second-order valence-electron chi connectivity index (χ2n) is 7.96. The molecule has 0 radical (unpaired) electrons. The van der Waals surface area contributed by atoms with Gasteiger partial charge in [0.25, 0.3) is 0 Å². The fourth-order valence-corrected chi connectivity index (χ4v) is 4.02. The van der Waals surface area contributed by atoms with Crippen molar-refractivity contribution in [3.8, 4) is 0 Å². The summed E-state index contributed by atoms with van der Waals surface area (Å²) >= 11 is 0. The average molecular weight is 419 g/mol. The minimum absolute atomic E-state index is 1.01. The first kappa shape index (κ1) is 23.2. The maximum absolute atomic E-state index is 3.58. The number of rotatable bonds is 2. The maximum Gasteiger partial charge on any atom is 0.0605 e. The van der Waals surface area contributed by atoms with Crippen LogP contribution in [-0.4, -0.2) is 105 Å². The summed E-state index contributed by atoms with van der Waals surface area (Å²) in [7, 11) is 0. The average Bonchev–Trinajstić information content (AvgIpc) is 2.75. The zero-order valence-corrected chi connectivity index (χ0v) is 18.5. The van der Waals surface area contributed by atoms with Gasteiger partial charge >= 0.3 is 0 Å². The van der Waals surface area contributed by atoms with Gasteiger partial charge in [0.1, 0.15) is 0 Å². The van der Waals surface area contributed by atoms with Crippen molar-refractivity contribution in [2.45, 2.75) is 0 Å². The smallest absolute Gasteiger partial charge is 0.0605 e. The van der Waals surface area contributed by atoms with Crippen LogP contribution in [0.5, 0.6) is 0 Å². The van der Waals surface area contributed by atoms with Crippen LogP contribution >= 0.6 is 0 Å². The van der Waals surface area contributed by atoms with E-state index in [4.69, 9.17) is 0 Å². The summed E-state index contributed by atoms with van der Waals surface area (Å²) < 4.78 is 0. The highest BCUT2D eigenvalue weighted by Crippen LogP contribution is 2.29. The van der Waals surface area contributed by atoms with Crippen molar-refractivity contribution in [2.75, 3.05) is 115 Å². The lowest BCUT2D eigenvalue weighted by Gasteiger charge is -2.33. The summed E-state index contributed by atoms with van der Waals surface area (Å²) in [6.07, 6.45) is 0. The highest BCUT2D eigenvalue weighted by molar-refractivity contribution is 5.71. The molecule has 2 aliphatic heterocycles. The molecule has 0 atom stereocenters. The Bertz CT molecular complexity index is 497. The van der Waals surface area contributed by atoms with E-state index in [2.05, 4.69) is 66.0 Å². The van der Waals surface area contributed by atoms with Crippen LogP contribution in [0.3, 0.4) is 0 Å². The van der Waals surface area contributed by atoms with Crippen molar-refractivity contribution in [3.63, 3.8) is 0 Å². The number of para-hydroxylation sites is 2. The molecule has 30 heavy (non-hydrogen) atoms. The van der Waals surface area contributed by atoms with Gasteiger partial charge in [-0.15, -0.1) is 0 Å². The van der Waals surface area contributed by atoms with Crippen molar-refractivity contribution in [2.24, 2.45) is 0 Å². The molecule has 3 rings (SSSR count). The number of nitrogens with zero attached hydrogens (tertiary/aromatic N) is 2. The van der Waals surface area contributed by atoms with Crippen LogP contribution in [0, 0.1) is 0 Å². The molecule has 2 heterocycles. The van der Waals surface area contributed by atoms with Crippen LogP contribution in [0.2, 0.25) is 0 Å². The van der Waals surface area contributed by atoms with E-state index in [1.165, 1.54) is 11.4 Å². The normalized spacial score (nSPS) is 22.3. The minimum Gasteiger partial charge on any atom is -0.367 e. The first-order chi connectivity index (χ1) is 14.9. The Morgan fingerprint density at radius 3 is 0.967 bits per heavy atom. The summed E-state index contributed by atoms with van der Waals surface area (Å²) in [6, 6.07) is 8.95. The summed E-state index contributed by atoms with van der Waals surface area (Å²) in [5.74, 6) is 0. The van der Waals surface area contributed by atoms with Gasteiger partial charge in [-0.25, -0.2) is 0 Å². The number of anilines is 2. The molecule has 0 unspecified atom stereocenters. The SMILES string of the molecule is c1ccc(N2CCNCCNCCNCC2)c(N2CCNCCNCCNCC2)c1. The highest BCUT2D eigenvalue weighted by Gasteiger charge is 2.16. The van der Waals surface area contributed by atoms with Crippen LogP contribution in [-0.2, 0) is 0 Å². The largest absolute Gasteiger partial charge is 0.367 e. The van der Waals surface area contributed by atoms with Crippen molar-refractivity contribution in [3.05, 3.63) is 24.3 Å². The standard InChI is InChI=1S/C22H42N8/c1-2-4-22(30-19-15-27-11-7-24-8-12-28-16-20-30)21(3-1)29-17-13-25-9-5-23-6-10-26-14-18-29/h1-4,23-28H,5-20H2. The molecular formula is C22H42N8. The first-order valence-corrected chi connectivity index (χ1v) is 11.8. The van der Waals surface area contributed by atoms with Crippen molar-refractivity contribution < 1.29 is 0 Å². The lowest BCUT2D eigenvalue weighted by molar-refractivity contribution is 0.553. The Hall–Kier alpha value is -1.42. The zero-order chi connectivity index (χ0) is 20.7. The van der Waals surface area contributed by atoms with Gasteiger partial charge in [-0.2, -0.15) is 0 Å². The van der Waals surface area contributed by atoms with E-state index in [9.17, 15) is 0 Å². The Morgan fingerprint density at radius 2 is 0.667 bits per heavy atom. The van der Waals surface area contributed by atoms with Crippen LogP contribution in [0.15, 0.2) is 24.3 Å². The second-order valence-corrected chi connectivity index (χ2v) is 7.96. The van der Waals surface area contributed by atoms with Gasteiger partial charge in [0.2, 0.25) is 0 Å². The molecule has 0 aliphatic carbocycles. The minimum atomic E-state index is 1.01. The lowest BCUT2D eigenvalue weighted by Crippen LogP contribution is -2.44. The maximum atomic E-state index is 3.58. The molecule has 2 saturated heterocycles. The van der Waals surface area contributed by atoms with E-state index in [-0.39, 0.29) is 0 Å². The quantitative estimate of drug-likeness (QED) is 0.360. The van der Waals surface area contributed by atoms with Crippen LogP contribution in [0.25, 0.3) is 0 Å².